The molecule has 0 unspecified atom stereocenters. The first kappa shape index (κ1) is 5.89. The van der Waals surface area contributed by atoms with Gasteiger partial charge in [-0.3, -0.25) is 0 Å². The molecule has 0 aliphatic carbocycles. The molecule has 0 aromatic carbocycles. The molecule has 0 amide bonds. The van der Waals surface area contributed by atoms with E-state index in [2.05, 4.69) is 35.6 Å². The summed E-state index contributed by atoms with van der Waals surface area (Å²) < 4.78 is 4.33. The Morgan fingerprint density at radius 3 is 2.45 bits per heavy atom. The Labute approximate surface area is 60.1 Å². The number of nitrogen functional groups attached to an aromatic ring is 1. The molecule has 1 aliphatic rings. The van der Waals surface area contributed by atoms with E-state index in [1.54, 1.807) is 0 Å². The van der Waals surface area contributed by atoms with Crippen LogP contribution in [0.15, 0.2) is 25.3 Å². The Kier molecular flexibility index (Phi) is 1.11. The number of nitrogens with two attached hydrogens (primary N) is 1. The maximum atomic E-state index is 5.35. The lowest BCUT2D eigenvalue weighted by Gasteiger charge is -1.91. The van der Waals surface area contributed by atoms with Crippen molar-refractivity contribution >= 4 is 5.82 Å². The van der Waals surface area contributed by atoms with E-state index in [0.29, 0.717) is 5.69 Å². The molecule has 0 spiro atoms. The minimum absolute atomic E-state index is 0.162. The molecule has 0 atom stereocenters. The Morgan fingerprint density at radius 1 is 1.18 bits per heavy atom. The summed E-state index contributed by atoms with van der Waals surface area (Å²) in [4.78, 5) is 0. The van der Waals surface area contributed by atoms with Crippen molar-refractivity contribution < 1.29 is 4.63 Å². The molecule has 8 heteroatoms. The summed E-state index contributed by atoms with van der Waals surface area (Å²) in [7, 11) is 0. The van der Waals surface area contributed by atoms with Gasteiger partial charge >= 0.3 is 0 Å². The molecule has 2 N–H and O–H groups in total. The van der Waals surface area contributed by atoms with Gasteiger partial charge in [-0.05, 0) is 20.8 Å². The maximum absolute atomic E-state index is 5.35. The topological polar surface area (TPSA) is 114 Å². The van der Waals surface area contributed by atoms with Gasteiger partial charge in [0.1, 0.15) is 0 Å². The van der Waals surface area contributed by atoms with Crippen LogP contribution in [0.1, 0.15) is 11.9 Å². The third-order valence-electron chi connectivity index (χ3n) is 1.15. The van der Waals surface area contributed by atoms with E-state index in [1.807, 2.05) is 0 Å². The summed E-state index contributed by atoms with van der Waals surface area (Å²) in [6.45, 7) is 0. The number of hydrogen-bond donors (Lipinski definition) is 1. The van der Waals surface area contributed by atoms with Gasteiger partial charge in [0.25, 0.3) is 0 Å². The summed E-state index contributed by atoms with van der Waals surface area (Å²) in [5, 5.41) is 20.6. The minimum Gasteiger partial charge on any atom is -0.379 e. The van der Waals surface area contributed by atoms with Gasteiger partial charge in [0.05, 0.1) is 0 Å². The van der Waals surface area contributed by atoms with E-state index in [9.17, 15) is 0 Å². The monoisotopic (exact) mass is 153 g/mol. The van der Waals surface area contributed by atoms with Crippen LogP contribution in [-0.4, -0.2) is 10.3 Å². The summed E-state index contributed by atoms with van der Waals surface area (Å²) in [6, 6.07) is 0. The highest BCUT2D eigenvalue weighted by Gasteiger charge is 2.20. The predicted octanol–water partition coefficient (Wildman–Crippen LogP) is 0.483. The maximum Gasteiger partial charge on any atom is 0.234 e. The Balaban J connectivity index is 2.36. The van der Waals surface area contributed by atoms with Gasteiger partial charge in [-0.2, -0.15) is 0 Å². The first-order valence-electron chi connectivity index (χ1n) is 2.76. The smallest absolute Gasteiger partial charge is 0.234 e. The van der Waals surface area contributed by atoms with Crippen molar-refractivity contribution in [1.82, 2.24) is 10.3 Å². The van der Waals surface area contributed by atoms with Crippen LogP contribution in [-0.2, 0) is 0 Å². The minimum atomic E-state index is -0.582. The number of nitrogens with zero attached hydrogens (tertiary/aromatic N) is 6. The molecule has 8 nitrogen and oxygen atoms in total. The van der Waals surface area contributed by atoms with Gasteiger partial charge in [-0.25, -0.2) is 4.63 Å². The van der Waals surface area contributed by atoms with Crippen molar-refractivity contribution in [1.29, 1.82) is 0 Å². The van der Waals surface area contributed by atoms with Crippen molar-refractivity contribution in [3.05, 3.63) is 5.69 Å². The van der Waals surface area contributed by atoms with Gasteiger partial charge in [0, 0.05) is 0 Å². The Bertz CT molecular complexity index is 301. The molecule has 1 aliphatic heterocycles. The number of rotatable bonds is 1. The van der Waals surface area contributed by atoms with Crippen LogP contribution >= 0.6 is 0 Å². The van der Waals surface area contributed by atoms with E-state index in [1.165, 1.54) is 0 Å². The molecule has 1 aromatic rings. The lowest BCUT2D eigenvalue weighted by atomic mass is 10.4. The van der Waals surface area contributed by atoms with Crippen molar-refractivity contribution in [3.63, 3.8) is 0 Å². The van der Waals surface area contributed by atoms with E-state index < -0.39 is 6.17 Å². The van der Waals surface area contributed by atoms with Crippen LogP contribution in [0.25, 0.3) is 0 Å². The fraction of sp³-hybridized carbons (Fsp3) is 0.333. The van der Waals surface area contributed by atoms with E-state index in [0.717, 1.165) is 0 Å². The van der Waals surface area contributed by atoms with E-state index >= 15 is 0 Å². The summed E-state index contributed by atoms with van der Waals surface area (Å²) in [5.74, 6) is 0.162. The molecule has 0 radical (unpaired) electrons. The molecule has 1 aromatic heterocycles. The largest absolute Gasteiger partial charge is 0.379 e. The van der Waals surface area contributed by atoms with E-state index in [4.69, 9.17) is 5.73 Å². The normalized spacial score (nSPS) is 16.4. The van der Waals surface area contributed by atoms with Crippen molar-refractivity contribution in [2.75, 3.05) is 5.73 Å². The van der Waals surface area contributed by atoms with Crippen LogP contribution in [0.4, 0.5) is 5.82 Å². The Hall–Kier alpha value is -1.86. The highest BCUT2D eigenvalue weighted by molar-refractivity contribution is 5.33. The van der Waals surface area contributed by atoms with Gasteiger partial charge < -0.3 is 5.73 Å². The zero-order chi connectivity index (χ0) is 7.68. The van der Waals surface area contributed by atoms with Gasteiger partial charge in [-0.1, -0.05) is 0 Å². The fourth-order valence-corrected chi connectivity index (χ4v) is 0.658. The molecule has 0 saturated heterocycles. The SMILES string of the molecule is Nc1nonc1C1N=NN=N1. The average Bonchev–Trinajstić information content (AvgIpc) is 2.55. The summed E-state index contributed by atoms with van der Waals surface area (Å²) in [5.41, 5.74) is 5.69. The van der Waals surface area contributed by atoms with Gasteiger partial charge in [-0.15, -0.1) is 10.2 Å². The number of hydrogen-bond acceptors (Lipinski definition) is 8. The van der Waals surface area contributed by atoms with Crippen LogP contribution in [0.5, 0.6) is 0 Å². The first-order valence-corrected chi connectivity index (χ1v) is 2.76. The molecule has 0 fully saturated rings. The zero-order valence-electron chi connectivity index (χ0n) is 5.25. The lowest BCUT2D eigenvalue weighted by Crippen LogP contribution is -1.95. The van der Waals surface area contributed by atoms with Crippen LogP contribution < -0.4 is 5.73 Å². The second kappa shape index (κ2) is 2.08. The number of anilines is 1. The summed E-state index contributed by atoms with van der Waals surface area (Å²) in [6.07, 6.45) is -0.582. The lowest BCUT2D eigenvalue weighted by molar-refractivity contribution is 0.302. The average molecular weight is 153 g/mol. The van der Waals surface area contributed by atoms with Crippen LogP contribution in [0.2, 0.25) is 0 Å². The van der Waals surface area contributed by atoms with E-state index in [-0.39, 0.29) is 5.82 Å². The third-order valence-corrected chi connectivity index (χ3v) is 1.15. The fourth-order valence-electron chi connectivity index (χ4n) is 0.658. The molecule has 0 bridgehead atoms. The highest BCUT2D eigenvalue weighted by Crippen LogP contribution is 2.25. The van der Waals surface area contributed by atoms with Gasteiger partial charge in [0.2, 0.25) is 6.17 Å². The van der Waals surface area contributed by atoms with Crippen molar-refractivity contribution in [3.8, 4) is 0 Å². The third kappa shape index (κ3) is 0.838. The first-order chi connectivity index (χ1) is 5.38. The Morgan fingerprint density at radius 2 is 1.91 bits per heavy atom. The van der Waals surface area contributed by atoms with Gasteiger partial charge in [0.15, 0.2) is 11.5 Å². The summed E-state index contributed by atoms with van der Waals surface area (Å²) >= 11 is 0. The molecule has 0 saturated carbocycles. The zero-order valence-corrected chi connectivity index (χ0v) is 5.25. The van der Waals surface area contributed by atoms with Crippen LogP contribution in [0, 0.1) is 0 Å². The molecule has 2 rings (SSSR count). The molecule has 2 heterocycles. The second-order valence-electron chi connectivity index (χ2n) is 1.82. The van der Waals surface area contributed by atoms with Crippen molar-refractivity contribution in [2.45, 2.75) is 6.17 Å². The molecular formula is C3H3N7O. The standard InChI is InChI=1S/C3H3N7O/c4-2-1(7-11-8-2)3-5-9-10-6-3/h3H,(H2,4,8). The molecule has 56 valence electrons. The molecule has 11 heavy (non-hydrogen) atoms. The van der Waals surface area contributed by atoms with Crippen LogP contribution in [0.3, 0.4) is 0 Å². The molecular weight excluding hydrogens is 150 g/mol. The van der Waals surface area contributed by atoms with Crippen molar-refractivity contribution in [2.24, 2.45) is 20.7 Å². The highest BCUT2D eigenvalue weighted by atomic mass is 16.6. The quantitative estimate of drug-likeness (QED) is 0.631. The predicted molar refractivity (Wildman–Crippen MR) is 31.2 cm³/mol. The second-order valence-corrected chi connectivity index (χ2v) is 1.82. The number of aromatic nitrogens is 2.